The summed E-state index contributed by atoms with van der Waals surface area (Å²) >= 11 is 0. The highest BCUT2D eigenvalue weighted by atomic mass is 15.3. The molecule has 4 nitrogen and oxygen atoms in total. The smallest absolute Gasteiger partial charge is 0.0643 e. The Bertz CT molecular complexity index is 584. The van der Waals surface area contributed by atoms with Crippen molar-refractivity contribution in [3.63, 3.8) is 0 Å². The van der Waals surface area contributed by atoms with Gasteiger partial charge in [0.15, 0.2) is 0 Å². The Balaban J connectivity index is 2.11. The van der Waals surface area contributed by atoms with Gasteiger partial charge in [0.2, 0.25) is 0 Å². The largest absolute Gasteiger partial charge is 0.324 e. The number of hydrogen-bond acceptors (Lipinski definition) is 3. The average molecular weight is 286 g/mol. The lowest BCUT2D eigenvalue weighted by atomic mass is 10.0. The molecule has 0 radical (unpaired) electrons. The number of nitrogens with zero attached hydrogens (tertiary/aromatic N) is 3. The summed E-state index contributed by atoms with van der Waals surface area (Å²) in [5.41, 5.74) is 10.5. The Morgan fingerprint density at radius 1 is 1.14 bits per heavy atom. The van der Waals surface area contributed by atoms with Crippen LogP contribution in [0.5, 0.6) is 0 Å². The van der Waals surface area contributed by atoms with E-state index < -0.39 is 0 Å². The molecule has 0 aromatic carbocycles. The van der Waals surface area contributed by atoms with Crippen molar-refractivity contribution < 1.29 is 0 Å². The predicted molar refractivity (Wildman–Crippen MR) is 86.2 cm³/mol. The fraction of sp³-hybridized carbons (Fsp3) is 0.529. The van der Waals surface area contributed by atoms with Gasteiger partial charge in [0.1, 0.15) is 0 Å². The Labute approximate surface area is 127 Å². The number of nitrogens with two attached hydrogens (primary N) is 1. The van der Waals surface area contributed by atoms with Crippen LogP contribution in [0.4, 0.5) is 0 Å². The fourth-order valence-electron chi connectivity index (χ4n) is 2.78. The number of aryl methyl sites for hydroxylation is 2. The highest BCUT2D eigenvalue weighted by Gasteiger charge is 2.14. The molecule has 0 bridgehead atoms. The van der Waals surface area contributed by atoms with Crippen molar-refractivity contribution >= 4 is 0 Å². The van der Waals surface area contributed by atoms with Gasteiger partial charge in [-0.3, -0.25) is 9.67 Å². The molecule has 0 spiro atoms. The molecule has 1 atom stereocenters. The van der Waals surface area contributed by atoms with Crippen LogP contribution in [0.25, 0.3) is 0 Å². The van der Waals surface area contributed by atoms with Crippen molar-refractivity contribution in [2.75, 3.05) is 0 Å². The molecule has 114 valence electrons. The molecule has 0 saturated carbocycles. The van der Waals surface area contributed by atoms with Gasteiger partial charge in [-0.05, 0) is 44.4 Å². The molecular weight excluding hydrogens is 260 g/mol. The van der Waals surface area contributed by atoms with Crippen LogP contribution < -0.4 is 5.73 Å². The second kappa shape index (κ2) is 6.85. The summed E-state index contributed by atoms with van der Waals surface area (Å²) in [4.78, 5) is 4.49. The summed E-state index contributed by atoms with van der Waals surface area (Å²) in [6.45, 7) is 8.41. The number of pyridine rings is 1. The zero-order chi connectivity index (χ0) is 15.4. The summed E-state index contributed by atoms with van der Waals surface area (Å²) in [5.74, 6) is 0. The monoisotopic (exact) mass is 286 g/mol. The minimum Gasteiger partial charge on any atom is -0.324 e. The highest BCUT2D eigenvalue weighted by molar-refractivity contribution is 5.26. The number of aromatic nitrogens is 3. The van der Waals surface area contributed by atoms with Crippen LogP contribution in [-0.4, -0.2) is 14.8 Å². The SMILES string of the molecule is CCC(CC)n1ccc(CC(N)c2ccc(C)nc2C)n1. The molecule has 1 unspecified atom stereocenters. The topological polar surface area (TPSA) is 56.7 Å². The van der Waals surface area contributed by atoms with E-state index in [1.165, 1.54) is 0 Å². The van der Waals surface area contributed by atoms with Crippen molar-refractivity contribution in [2.24, 2.45) is 5.73 Å². The van der Waals surface area contributed by atoms with Crippen molar-refractivity contribution in [3.8, 4) is 0 Å². The van der Waals surface area contributed by atoms with Crippen molar-refractivity contribution in [3.05, 3.63) is 47.0 Å². The van der Waals surface area contributed by atoms with Crippen LogP contribution in [0.2, 0.25) is 0 Å². The van der Waals surface area contributed by atoms with Crippen LogP contribution >= 0.6 is 0 Å². The van der Waals surface area contributed by atoms with Crippen molar-refractivity contribution in [2.45, 2.75) is 59.0 Å². The first-order chi connectivity index (χ1) is 10.0. The third kappa shape index (κ3) is 3.70. The normalized spacial score (nSPS) is 12.9. The second-order valence-corrected chi connectivity index (χ2v) is 5.70. The molecule has 0 aliphatic heterocycles. The molecule has 0 saturated heterocycles. The summed E-state index contributed by atoms with van der Waals surface area (Å²) in [6, 6.07) is 6.61. The zero-order valence-electron chi connectivity index (χ0n) is 13.5. The Morgan fingerprint density at radius 3 is 2.48 bits per heavy atom. The summed E-state index contributed by atoms with van der Waals surface area (Å²) in [6.07, 6.45) is 5.02. The summed E-state index contributed by atoms with van der Waals surface area (Å²) in [5, 5.41) is 4.68. The fourth-order valence-corrected chi connectivity index (χ4v) is 2.78. The Morgan fingerprint density at radius 2 is 1.86 bits per heavy atom. The first-order valence-electron chi connectivity index (χ1n) is 7.78. The summed E-state index contributed by atoms with van der Waals surface area (Å²) < 4.78 is 2.07. The first kappa shape index (κ1) is 15.7. The van der Waals surface area contributed by atoms with Crippen LogP contribution in [0.15, 0.2) is 24.4 Å². The van der Waals surface area contributed by atoms with E-state index in [1.54, 1.807) is 0 Å². The molecule has 0 aliphatic carbocycles. The minimum absolute atomic E-state index is 0.0526. The van der Waals surface area contributed by atoms with Gasteiger partial charge in [-0.2, -0.15) is 5.10 Å². The predicted octanol–water partition coefficient (Wildman–Crippen LogP) is 3.50. The molecule has 21 heavy (non-hydrogen) atoms. The molecular formula is C17H26N4. The molecule has 2 rings (SSSR count). The molecule has 2 heterocycles. The standard InChI is InChI=1S/C17H26N4/c1-5-15(6-2)21-10-9-14(20-21)11-17(18)16-8-7-12(3)19-13(16)4/h7-10,15,17H,5-6,11,18H2,1-4H3. The van der Waals surface area contributed by atoms with E-state index in [0.717, 1.165) is 41.9 Å². The molecule has 2 N–H and O–H groups in total. The lowest BCUT2D eigenvalue weighted by Crippen LogP contribution is -2.16. The van der Waals surface area contributed by atoms with Gasteiger partial charge in [-0.1, -0.05) is 19.9 Å². The molecule has 2 aromatic rings. The summed E-state index contributed by atoms with van der Waals surface area (Å²) in [7, 11) is 0. The third-order valence-electron chi connectivity index (χ3n) is 4.07. The maximum absolute atomic E-state index is 6.34. The van der Waals surface area contributed by atoms with Gasteiger partial charge in [0.05, 0.1) is 11.7 Å². The molecule has 0 amide bonds. The first-order valence-corrected chi connectivity index (χ1v) is 7.78. The zero-order valence-corrected chi connectivity index (χ0v) is 13.5. The van der Waals surface area contributed by atoms with E-state index in [1.807, 2.05) is 19.9 Å². The van der Waals surface area contributed by atoms with Gasteiger partial charge in [-0.25, -0.2) is 0 Å². The molecule has 4 heteroatoms. The maximum atomic E-state index is 6.34. The van der Waals surface area contributed by atoms with E-state index in [9.17, 15) is 0 Å². The molecule has 2 aromatic heterocycles. The van der Waals surface area contributed by atoms with Crippen LogP contribution in [-0.2, 0) is 6.42 Å². The highest BCUT2D eigenvalue weighted by Crippen LogP contribution is 2.20. The van der Waals surface area contributed by atoms with Gasteiger partial charge in [0.25, 0.3) is 0 Å². The second-order valence-electron chi connectivity index (χ2n) is 5.70. The van der Waals surface area contributed by atoms with E-state index in [4.69, 9.17) is 5.73 Å². The Kier molecular flexibility index (Phi) is 5.12. The van der Waals surface area contributed by atoms with Crippen molar-refractivity contribution in [1.29, 1.82) is 0 Å². The number of rotatable bonds is 6. The number of hydrogen-bond donors (Lipinski definition) is 1. The van der Waals surface area contributed by atoms with Crippen molar-refractivity contribution in [1.82, 2.24) is 14.8 Å². The van der Waals surface area contributed by atoms with Gasteiger partial charge in [0, 0.05) is 30.0 Å². The third-order valence-corrected chi connectivity index (χ3v) is 4.07. The molecule has 0 fully saturated rings. The lowest BCUT2D eigenvalue weighted by Gasteiger charge is -2.14. The van der Waals surface area contributed by atoms with Crippen LogP contribution in [0.3, 0.4) is 0 Å². The van der Waals surface area contributed by atoms with E-state index in [-0.39, 0.29) is 6.04 Å². The van der Waals surface area contributed by atoms with E-state index in [2.05, 4.69) is 46.9 Å². The Hall–Kier alpha value is -1.68. The van der Waals surface area contributed by atoms with E-state index >= 15 is 0 Å². The van der Waals surface area contributed by atoms with Gasteiger partial charge >= 0.3 is 0 Å². The van der Waals surface area contributed by atoms with Gasteiger partial charge in [-0.15, -0.1) is 0 Å². The van der Waals surface area contributed by atoms with Gasteiger partial charge < -0.3 is 5.73 Å². The minimum atomic E-state index is -0.0526. The average Bonchev–Trinajstić information content (AvgIpc) is 2.88. The van der Waals surface area contributed by atoms with Crippen LogP contribution in [0.1, 0.15) is 61.4 Å². The van der Waals surface area contributed by atoms with E-state index in [0.29, 0.717) is 6.04 Å². The molecule has 0 aliphatic rings. The lowest BCUT2D eigenvalue weighted by molar-refractivity contribution is 0.424. The quantitative estimate of drug-likeness (QED) is 0.884. The maximum Gasteiger partial charge on any atom is 0.0643 e. The van der Waals surface area contributed by atoms with Crippen LogP contribution in [0, 0.1) is 13.8 Å².